The first-order valence-corrected chi connectivity index (χ1v) is 9.79. The molecule has 142 valence electrons. The molecule has 0 aliphatic carbocycles. The second-order valence-electron chi connectivity index (χ2n) is 6.07. The summed E-state index contributed by atoms with van der Waals surface area (Å²) in [6, 6.07) is 3.14. The minimum atomic E-state index is -3.45. The van der Waals surface area contributed by atoms with Crippen LogP contribution in [-0.2, 0) is 24.2 Å². The molecule has 0 fully saturated rings. The molecule has 2 N–H and O–H groups in total. The van der Waals surface area contributed by atoms with Gasteiger partial charge in [0.2, 0.25) is 0 Å². The van der Waals surface area contributed by atoms with Gasteiger partial charge in [-0.3, -0.25) is 4.79 Å². The van der Waals surface area contributed by atoms with E-state index >= 15 is 0 Å². The van der Waals surface area contributed by atoms with E-state index in [1.807, 2.05) is 0 Å². The zero-order valence-corrected chi connectivity index (χ0v) is 15.9. The number of nitrogens with zero attached hydrogens (tertiary/aromatic N) is 1. The van der Waals surface area contributed by atoms with Crippen LogP contribution in [0.4, 0.5) is 5.69 Å². The fourth-order valence-corrected chi connectivity index (χ4v) is 3.87. The van der Waals surface area contributed by atoms with E-state index in [2.05, 4.69) is 5.32 Å². The minimum Gasteiger partial charge on any atom is -0.466 e. The molecule has 1 aromatic rings. The summed E-state index contributed by atoms with van der Waals surface area (Å²) < 4.78 is 28.7. The van der Waals surface area contributed by atoms with Crippen molar-refractivity contribution in [2.75, 3.05) is 38.4 Å². The number of aliphatic hydroxyl groups is 1. The summed E-state index contributed by atoms with van der Waals surface area (Å²) in [6.45, 7) is 3.25. The molecule has 9 heteroatoms. The highest BCUT2D eigenvalue weighted by Crippen LogP contribution is 2.30. The van der Waals surface area contributed by atoms with E-state index < -0.39 is 21.7 Å². The van der Waals surface area contributed by atoms with E-state index in [4.69, 9.17) is 9.84 Å². The number of carbonyl (C=O) groups is 2. The van der Waals surface area contributed by atoms with Crippen molar-refractivity contribution in [3.8, 4) is 0 Å². The number of nitrogens with one attached hydrogen (secondary N) is 1. The van der Waals surface area contributed by atoms with E-state index in [9.17, 15) is 18.0 Å². The van der Waals surface area contributed by atoms with Crippen molar-refractivity contribution in [2.24, 2.45) is 0 Å². The number of aliphatic hydroxyl groups excluding tert-OH is 1. The lowest BCUT2D eigenvalue weighted by molar-refractivity contribution is -0.136. The summed E-state index contributed by atoms with van der Waals surface area (Å²) in [5.74, 6) is -1.11. The summed E-state index contributed by atoms with van der Waals surface area (Å²) in [7, 11) is -2.23. The normalized spacial score (nSPS) is 14.8. The standard InChI is InChI=1S/C17H22N2O6S/c1-10-5-6-13(26(4,23)24)11(2)14(10)18-15-12(17(22)25-3)9-19(7-8-20)16(15)21/h5-6,18,20H,7-9H2,1-4H3. The van der Waals surface area contributed by atoms with E-state index in [1.54, 1.807) is 19.9 Å². The van der Waals surface area contributed by atoms with Crippen LogP contribution in [0.1, 0.15) is 11.1 Å². The maximum atomic E-state index is 12.6. The number of ether oxygens (including phenoxy) is 1. The van der Waals surface area contributed by atoms with Gasteiger partial charge in [-0.05, 0) is 31.0 Å². The van der Waals surface area contributed by atoms with Gasteiger partial charge < -0.3 is 20.1 Å². The average molecular weight is 382 g/mol. The largest absolute Gasteiger partial charge is 0.466 e. The fraction of sp³-hybridized carbons (Fsp3) is 0.412. The Kier molecular flexibility index (Phi) is 5.72. The van der Waals surface area contributed by atoms with Crippen molar-refractivity contribution in [1.29, 1.82) is 0 Å². The van der Waals surface area contributed by atoms with Crippen molar-refractivity contribution in [3.63, 3.8) is 0 Å². The van der Waals surface area contributed by atoms with Crippen LogP contribution in [0.3, 0.4) is 0 Å². The fourth-order valence-electron chi connectivity index (χ4n) is 2.90. The smallest absolute Gasteiger partial charge is 0.337 e. The quantitative estimate of drug-likeness (QED) is 0.684. The number of hydrogen-bond acceptors (Lipinski definition) is 7. The predicted octanol–water partition coefficient (Wildman–Crippen LogP) is 0.380. The van der Waals surface area contributed by atoms with Gasteiger partial charge in [0.1, 0.15) is 5.70 Å². The number of esters is 1. The molecular weight excluding hydrogens is 360 g/mol. The van der Waals surface area contributed by atoms with E-state index in [1.165, 1.54) is 18.1 Å². The molecule has 8 nitrogen and oxygen atoms in total. The summed E-state index contributed by atoms with van der Waals surface area (Å²) in [5, 5.41) is 12.0. The third kappa shape index (κ3) is 3.73. The summed E-state index contributed by atoms with van der Waals surface area (Å²) >= 11 is 0. The monoisotopic (exact) mass is 382 g/mol. The summed E-state index contributed by atoms with van der Waals surface area (Å²) in [4.78, 5) is 26.1. The number of β-amino-alcohol motifs (C(OH)–C–C–N with tert-alkyl or cyclic N) is 1. The Morgan fingerprint density at radius 1 is 1.35 bits per heavy atom. The van der Waals surface area contributed by atoms with Gasteiger partial charge in [0, 0.05) is 18.5 Å². The zero-order chi connectivity index (χ0) is 19.6. The highest BCUT2D eigenvalue weighted by molar-refractivity contribution is 7.90. The first-order chi connectivity index (χ1) is 12.1. The number of aryl methyl sites for hydroxylation is 1. The minimum absolute atomic E-state index is 0.0122. The van der Waals surface area contributed by atoms with E-state index in [0.717, 1.165) is 11.8 Å². The summed E-state index contributed by atoms with van der Waals surface area (Å²) in [6.07, 6.45) is 1.11. The lowest BCUT2D eigenvalue weighted by atomic mass is 10.1. The number of amides is 1. The molecule has 0 atom stereocenters. The maximum absolute atomic E-state index is 12.6. The molecule has 1 aromatic carbocycles. The molecule has 0 unspecified atom stereocenters. The highest BCUT2D eigenvalue weighted by Gasteiger charge is 2.35. The van der Waals surface area contributed by atoms with Crippen LogP contribution in [0.25, 0.3) is 0 Å². The molecule has 1 heterocycles. The predicted molar refractivity (Wildman–Crippen MR) is 95.4 cm³/mol. The van der Waals surface area contributed by atoms with Crippen LogP contribution in [0, 0.1) is 13.8 Å². The number of benzene rings is 1. The van der Waals surface area contributed by atoms with Gasteiger partial charge in [0.25, 0.3) is 5.91 Å². The van der Waals surface area contributed by atoms with Crippen LogP contribution in [0.15, 0.2) is 28.3 Å². The Labute approximate surface area is 152 Å². The third-order valence-corrected chi connectivity index (χ3v) is 5.47. The van der Waals surface area contributed by atoms with Gasteiger partial charge in [0.05, 0.1) is 30.7 Å². The number of hydrogen-bond donors (Lipinski definition) is 2. The van der Waals surface area contributed by atoms with Crippen molar-refractivity contribution in [1.82, 2.24) is 4.90 Å². The first kappa shape index (κ1) is 19.9. The van der Waals surface area contributed by atoms with Crippen LogP contribution in [0.5, 0.6) is 0 Å². The topological polar surface area (TPSA) is 113 Å². The van der Waals surface area contributed by atoms with Gasteiger partial charge >= 0.3 is 5.97 Å². The molecule has 1 aliphatic rings. The van der Waals surface area contributed by atoms with Crippen molar-refractivity contribution in [2.45, 2.75) is 18.7 Å². The molecule has 0 radical (unpaired) electrons. The SMILES string of the molecule is COC(=O)C1=C(Nc2c(C)ccc(S(C)(=O)=O)c2C)C(=O)N(CCO)C1. The van der Waals surface area contributed by atoms with Gasteiger partial charge in [-0.15, -0.1) is 0 Å². The van der Waals surface area contributed by atoms with Crippen molar-refractivity contribution >= 4 is 27.4 Å². The molecule has 0 bridgehead atoms. The summed E-state index contributed by atoms with van der Waals surface area (Å²) in [5.41, 5.74) is 1.79. The Bertz CT molecular complexity index is 889. The number of methoxy groups -OCH3 is 1. The average Bonchev–Trinajstić information content (AvgIpc) is 2.86. The Morgan fingerprint density at radius 3 is 2.54 bits per heavy atom. The molecule has 0 saturated heterocycles. The molecule has 2 rings (SSSR count). The van der Waals surface area contributed by atoms with Gasteiger partial charge in [-0.25, -0.2) is 13.2 Å². The Balaban J connectivity index is 2.54. The molecular formula is C17H22N2O6S. The van der Waals surface area contributed by atoms with Crippen LogP contribution < -0.4 is 5.32 Å². The van der Waals surface area contributed by atoms with Crippen LogP contribution in [0.2, 0.25) is 0 Å². The molecule has 0 spiro atoms. The third-order valence-electron chi connectivity index (χ3n) is 4.23. The molecule has 0 saturated carbocycles. The molecule has 1 aliphatic heterocycles. The van der Waals surface area contributed by atoms with Gasteiger partial charge in [-0.1, -0.05) is 6.07 Å². The lowest BCUT2D eigenvalue weighted by Gasteiger charge is -2.18. The number of rotatable bonds is 6. The van der Waals surface area contributed by atoms with Crippen LogP contribution in [-0.4, -0.2) is 63.4 Å². The van der Waals surface area contributed by atoms with Gasteiger partial charge in [0.15, 0.2) is 9.84 Å². The molecule has 0 aromatic heterocycles. The highest BCUT2D eigenvalue weighted by atomic mass is 32.2. The van der Waals surface area contributed by atoms with Crippen molar-refractivity contribution in [3.05, 3.63) is 34.5 Å². The van der Waals surface area contributed by atoms with Crippen molar-refractivity contribution < 1.29 is 27.9 Å². The molecule has 1 amide bonds. The maximum Gasteiger partial charge on any atom is 0.337 e. The molecule has 26 heavy (non-hydrogen) atoms. The number of anilines is 1. The van der Waals surface area contributed by atoms with E-state index in [-0.39, 0.29) is 35.9 Å². The number of carbonyl (C=O) groups excluding carboxylic acids is 2. The number of sulfone groups is 1. The van der Waals surface area contributed by atoms with E-state index in [0.29, 0.717) is 11.3 Å². The Hall–Kier alpha value is -2.39. The second kappa shape index (κ2) is 7.46. The van der Waals surface area contributed by atoms with Gasteiger partial charge in [-0.2, -0.15) is 0 Å². The van der Waals surface area contributed by atoms with Crippen LogP contribution >= 0.6 is 0 Å². The first-order valence-electron chi connectivity index (χ1n) is 7.90. The lowest BCUT2D eigenvalue weighted by Crippen LogP contribution is -2.31. The zero-order valence-electron chi connectivity index (χ0n) is 15.1. The Morgan fingerprint density at radius 2 is 2.00 bits per heavy atom. The second-order valence-corrected chi connectivity index (χ2v) is 8.06.